The van der Waals surface area contributed by atoms with Gasteiger partial charge in [0.05, 0.1) is 11.1 Å². The molecule has 4 nitrogen and oxygen atoms in total. The van der Waals surface area contributed by atoms with Crippen LogP contribution in [-0.4, -0.2) is 40.9 Å². The summed E-state index contributed by atoms with van der Waals surface area (Å²) in [6.45, 7) is 2.51. The van der Waals surface area contributed by atoms with Crippen molar-refractivity contribution in [1.82, 2.24) is 9.80 Å². The van der Waals surface area contributed by atoms with E-state index < -0.39 is 5.82 Å². The lowest BCUT2D eigenvalue weighted by Crippen LogP contribution is -2.48. The minimum Gasteiger partial charge on any atom is -0.331 e. The first-order chi connectivity index (χ1) is 12.2. The van der Waals surface area contributed by atoms with E-state index >= 15 is 0 Å². The monoisotopic (exact) mass is 341 g/mol. The van der Waals surface area contributed by atoms with Crippen molar-refractivity contribution < 1.29 is 9.18 Å². The highest BCUT2D eigenvalue weighted by Gasteiger charge is 2.37. The Morgan fingerprint density at radius 1 is 1.04 bits per heavy atom. The van der Waals surface area contributed by atoms with E-state index in [-0.39, 0.29) is 17.5 Å². The zero-order valence-electron chi connectivity index (χ0n) is 14.5. The molecule has 4 rings (SSSR count). The molecule has 1 saturated heterocycles. The van der Waals surface area contributed by atoms with Gasteiger partial charge in [-0.25, -0.2) is 4.39 Å². The van der Waals surface area contributed by atoms with Crippen LogP contribution in [-0.2, 0) is 6.54 Å². The molecule has 0 N–H and O–H groups in total. The van der Waals surface area contributed by atoms with Gasteiger partial charge in [-0.05, 0) is 43.4 Å². The molecular formula is C20H24FN3O. The molecule has 1 aromatic rings. The van der Waals surface area contributed by atoms with Crippen LogP contribution in [0.1, 0.15) is 66.4 Å². The number of halogens is 1. The highest BCUT2D eigenvalue weighted by Crippen LogP contribution is 2.32. The fraction of sp³-hybridized carbons (Fsp3) is 0.600. The smallest absolute Gasteiger partial charge is 0.256 e. The molecule has 25 heavy (non-hydrogen) atoms. The lowest BCUT2D eigenvalue weighted by molar-refractivity contribution is 0.0507. The summed E-state index contributed by atoms with van der Waals surface area (Å²) in [4.78, 5) is 17.3. The molecule has 2 aliphatic heterocycles. The van der Waals surface area contributed by atoms with Gasteiger partial charge in [0.2, 0.25) is 0 Å². The Labute approximate surface area is 148 Å². The van der Waals surface area contributed by atoms with Crippen molar-refractivity contribution in [2.45, 2.75) is 63.6 Å². The van der Waals surface area contributed by atoms with Gasteiger partial charge in [-0.1, -0.05) is 19.3 Å². The number of hydrogen-bond acceptors (Lipinski definition) is 3. The van der Waals surface area contributed by atoms with Crippen LogP contribution in [0.15, 0.2) is 12.1 Å². The van der Waals surface area contributed by atoms with Gasteiger partial charge < -0.3 is 9.80 Å². The topological polar surface area (TPSA) is 47.3 Å². The van der Waals surface area contributed by atoms with E-state index in [9.17, 15) is 14.4 Å². The fourth-order valence-electron chi connectivity index (χ4n) is 4.83. The van der Waals surface area contributed by atoms with Crippen LogP contribution in [0.5, 0.6) is 0 Å². The van der Waals surface area contributed by atoms with Crippen LogP contribution < -0.4 is 0 Å². The second-order valence-electron chi connectivity index (χ2n) is 7.59. The Kier molecular flexibility index (Phi) is 4.47. The molecule has 1 aliphatic carbocycles. The standard InChI is InChI=1S/C20H24FN3O/c21-16-10-14(12-22)19-15(11-16)13-24(20(19)25)18-6-8-23(9-7-18)17-4-2-1-3-5-17/h10-11,17-18H,1-9,13H2. The average Bonchev–Trinajstić information content (AvgIpc) is 2.98. The zero-order chi connectivity index (χ0) is 17.4. The second kappa shape index (κ2) is 6.76. The Morgan fingerprint density at radius 3 is 2.44 bits per heavy atom. The van der Waals surface area contributed by atoms with Crippen molar-refractivity contribution in [2.75, 3.05) is 13.1 Å². The quantitative estimate of drug-likeness (QED) is 0.828. The maximum Gasteiger partial charge on any atom is 0.256 e. The molecule has 3 aliphatic rings. The van der Waals surface area contributed by atoms with E-state index in [4.69, 9.17) is 0 Å². The molecule has 0 atom stereocenters. The third-order valence-corrected chi connectivity index (χ3v) is 6.15. The number of hydrogen-bond donors (Lipinski definition) is 0. The van der Waals surface area contributed by atoms with Crippen LogP contribution in [0.3, 0.4) is 0 Å². The number of rotatable bonds is 2. The Hall–Kier alpha value is -1.93. The van der Waals surface area contributed by atoms with Crippen LogP contribution >= 0.6 is 0 Å². The number of fused-ring (bicyclic) bond motifs is 1. The molecule has 0 unspecified atom stereocenters. The molecule has 132 valence electrons. The summed E-state index contributed by atoms with van der Waals surface area (Å²) in [5.41, 5.74) is 1.25. The number of nitrogens with zero attached hydrogens (tertiary/aromatic N) is 3. The third kappa shape index (κ3) is 3.04. The van der Waals surface area contributed by atoms with Crippen LogP contribution in [0, 0.1) is 17.1 Å². The number of likely N-dealkylation sites (tertiary alicyclic amines) is 1. The highest BCUT2D eigenvalue weighted by molar-refractivity contribution is 6.00. The van der Waals surface area contributed by atoms with Crippen molar-refractivity contribution in [3.63, 3.8) is 0 Å². The number of carbonyl (C=O) groups excluding carboxylic acids is 1. The van der Waals surface area contributed by atoms with Crippen LogP contribution in [0.2, 0.25) is 0 Å². The van der Waals surface area contributed by atoms with Gasteiger partial charge >= 0.3 is 0 Å². The summed E-state index contributed by atoms with van der Waals surface area (Å²) in [5, 5.41) is 9.23. The van der Waals surface area contributed by atoms with Gasteiger partial charge in [0.15, 0.2) is 0 Å². The Bertz CT molecular complexity index is 712. The average molecular weight is 341 g/mol. The van der Waals surface area contributed by atoms with Crippen molar-refractivity contribution in [3.05, 3.63) is 34.6 Å². The molecule has 2 fully saturated rings. The number of benzene rings is 1. The van der Waals surface area contributed by atoms with E-state index in [1.165, 1.54) is 44.2 Å². The van der Waals surface area contributed by atoms with Crippen molar-refractivity contribution in [3.8, 4) is 6.07 Å². The molecule has 1 saturated carbocycles. The summed E-state index contributed by atoms with van der Waals surface area (Å²) in [6.07, 6.45) is 8.61. The van der Waals surface area contributed by atoms with Gasteiger partial charge in [0, 0.05) is 31.7 Å². The van der Waals surface area contributed by atoms with E-state index in [0.717, 1.165) is 32.0 Å². The molecule has 2 heterocycles. The Morgan fingerprint density at radius 2 is 1.76 bits per heavy atom. The maximum absolute atomic E-state index is 13.7. The number of carbonyl (C=O) groups is 1. The first-order valence-corrected chi connectivity index (χ1v) is 9.45. The summed E-state index contributed by atoms with van der Waals surface area (Å²) in [6, 6.07) is 5.48. The zero-order valence-corrected chi connectivity index (χ0v) is 14.5. The van der Waals surface area contributed by atoms with E-state index in [0.29, 0.717) is 17.7 Å². The molecule has 0 spiro atoms. The minimum atomic E-state index is -0.433. The normalized spacial score (nSPS) is 22.9. The number of nitriles is 1. The number of piperidine rings is 1. The summed E-state index contributed by atoms with van der Waals surface area (Å²) in [5.74, 6) is -0.528. The van der Waals surface area contributed by atoms with Gasteiger partial charge in [0.1, 0.15) is 11.9 Å². The van der Waals surface area contributed by atoms with Crippen molar-refractivity contribution >= 4 is 5.91 Å². The van der Waals surface area contributed by atoms with E-state index in [1.54, 1.807) is 0 Å². The highest BCUT2D eigenvalue weighted by atomic mass is 19.1. The van der Waals surface area contributed by atoms with E-state index in [1.807, 2.05) is 11.0 Å². The van der Waals surface area contributed by atoms with Crippen LogP contribution in [0.4, 0.5) is 4.39 Å². The summed E-state index contributed by atoms with van der Waals surface area (Å²) < 4.78 is 13.7. The third-order valence-electron chi connectivity index (χ3n) is 6.15. The molecule has 0 radical (unpaired) electrons. The van der Waals surface area contributed by atoms with Crippen molar-refractivity contribution in [1.29, 1.82) is 5.26 Å². The van der Waals surface area contributed by atoms with Crippen LogP contribution in [0.25, 0.3) is 0 Å². The lowest BCUT2D eigenvalue weighted by atomic mass is 9.92. The molecule has 5 heteroatoms. The van der Waals surface area contributed by atoms with Gasteiger partial charge in [-0.15, -0.1) is 0 Å². The molecule has 0 aromatic heterocycles. The lowest BCUT2D eigenvalue weighted by Gasteiger charge is -2.41. The van der Waals surface area contributed by atoms with Gasteiger partial charge in [0.25, 0.3) is 5.91 Å². The van der Waals surface area contributed by atoms with Crippen molar-refractivity contribution in [2.24, 2.45) is 0 Å². The molecule has 1 amide bonds. The van der Waals surface area contributed by atoms with Gasteiger partial charge in [-0.2, -0.15) is 5.26 Å². The van der Waals surface area contributed by atoms with E-state index in [2.05, 4.69) is 4.90 Å². The minimum absolute atomic E-state index is 0.0948. The summed E-state index contributed by atoms with van der Waals surface area (Å²) in [7, 11) is 0. The maximum atomic E-state index is 13.7. The second-order valence-corrected chi connectivity index (χ2v) is 7.59. The molecule has 0 bridgehead atoms. The first-order valence-electron chi connectivity index (χ1n) is 9.45. The molecular weight excluding hydrogens is 317 g/mol. The fourth-order valence-corrected chi connectivity index (χ4v) is 4.83. The predicted molar refractivity (Wildman–Crippen MR) is 92.5 cm³/mol. The number of amides is 1. The first kappa shape index (κ1) is 16.5. The largest absolute Gasteiger partial charge is 0.331 e. The van der Waals surface area contributed by atoms with Gasteiger partial charge in [-0.3, -0.25) is 4.79 Å². The Balaban J connectivity index is 1.44. The predicted octanol–water partition coefficient (Wildman–Crippen LogP) is 3.45. The SMILES string of the molecule is N#Cc1cc(F)cc2c1C(=O)N(C1CCN(C3CCCCC3)CC1)C2. The summed E-state index contributed by atoms with van der Waals surface area (Å²) >= 11 is 0. The molecule has 1 aromatic carbocycles.